The molecule has 0 spiro atoms. The van der Waals surface area contributed by atoms with Crippen molar-refractivity contribution in [1.82, 2.24) is 5.32 Å². The number of carbonyl (C=O) groups is 1. The van der Waals surface area contributed by atoms with E-state index in [0.29, 0.717) is 23.0 Å². The third-order valence-corrected chi connectivity index (χ3v) is 2.61. The smallest absolute Gasteiger partial charge is 0.243 e. The van der Waals surface area contributed by atoms with Gasteiger partial charge in [0.2, 0.25) is 5.91 Å². The van der Waals surface area contributed by atoms with E-state index in [1.807, 2.05) is 6.07 Å². The topological polar surface area (TPSA) is 29.1 Å². The van der Waals surface area contributed by atoms with Crippen molar-refractivity contribution in [3.8, 4) is 0 Å². The Bertz CT molecular complexity index is 402. The molecule has 0 saturated heterocycles. The number of amides is 1. The summed E-state index contributed by atoms with van der Waals surface area (Å²) in [6.45, 7) is 2.36. The maximum absolute atomic E-state index is 11.1. The lowest BCUT2D eigenvalue weighted by atomic mass is 10.1. The Morgan fingerprint density at radius 3 is 2.81 bits per heavy atom. The zero-order valence-electron chi connectivity index (χ0n) is 8.97. The van der Waals surface area contributed by atoms with Gasteiger partial charge in [0.25, 0.3) is 0 Å². The van der Waals surface area contributed by atoms with Crippen LogP contribution in [-0.2, 0) is 11.2 Å². The van der Waals surface area contributed by atoms with E-state index in [9.17, 15) is 4.79 Å². The molecule has 86 valence electrons. The second-order valence-electron chi connectivity index (χ2n) is 3.28. The fraction of sp³-hybridized carbons (Fsp3) is 0.250. The third kappa shape index (κ3) is 4.25. The lowest BCUT2D eigenvalue weighted by Crippen LogP contribution is -2.23. The van der Waals surface area contributed by atoms with E-state index >= 15 is 0 Å². The van der Waals surface area contributed by atoms with Crippen LogP contribution in [0.15, 0.2) is 30.4 Å². The summed E-state index contributed by atoms with van der Waals surface area (Å²) in [7, 11) is 0. The Morgan fingerprint density at radius 1 is 1.44 bits per heavy atom. The highest BCUT2D eigenvalue weighted by molar-refractivity contribution is 6.35. The van der Waals surface area contributed by atoms with Crippen LogP contribution in [0.25, 0.3) is 0 Å². The Kier molecular flexibility index (Phi) is 5.36. The number of hydrogen-bond donors (Lipinski definition) is 1. The fourth-order valence-corrected chi connectivity index (χ4v) is 1.76. The summed E-state index contributed by atoms with van der Waals surface area (Å²) < 4.78 is 0. The summed E-state index contributed by atoms with van der Waals surface area (Å²) >= 11 is 11.8. The lowest BCUT2D eigenvalue weighted by Gasteiger charge is -2.05. The minimum Gasteiger partial charge on any atom is -0.352 e. The van der Waals surface area contributed by atoms with E-state index in [2.05, 4.69) is 5.32 Å². The first-order valence-corrected chi connectivity index (χ1v) is 5.73. The molecule has 4 heteroatoms. The number of carbonyl (C=O) groups excluding carboxylic acids is 1. The molecule has 0 unspecified atom stereocenters. The van der Waals surface area contributed by atoms with Crippen molar-refractivity contribution in [1.29, 1.82) is 0 Å². The van der Waals surface area contributed by atoms with Gasteiger partial charge in [0, 0.05) is 16.6 Å². The Labute approximate surface area is 105 Å². The highest BCUT2D eigenvalue weighted by Crippen LogP contribution is 2.20. The van der Waals surface area contributed by atoms with Crippen molar-refractivity contribution in [2.75, 3.05) is 6.54 Å². The van der Waals surface area contributed by atoms with Crippen LogP contribution in [0, 0.1) is 0 Å². The van der Waals surface area contributed by atoms with Gasteiger partial charge in [0.05, 0.1) is 0 Å². The molecule has 0 saturated carbocycles. The zero-order chi connectivity index (χ0) is 12.0. The Morgan fingerprint density at radius 2 is 2.19 bits per heavy atom. The van der Waals surface area contributed by atoms with Crippen LogP contribution in [0.2, 0.25) is 10.0 Å². The number of rotatable bonds is 4. The summed E-state index contributed by atoms with van der Waals surface area (Å²) in [4.78, 5) is 11.1. The minimum atomic E-state index is -0.0902. The highest BCUT2D eigenvalue weighted by atomic mass is 35.5. The predicted molar refractivity (Wildman–Crippen MR) is 68.0 cm³/mol. The molecule has 1 amide bonds. The summed E-state index contributed by atoms with van der Waals surface area (Å²) in [6.07, 6.45) is 3.88. The molecule has 0 aliphatic rings. The standard InChI is InChI=1S/C12H13Cl2NO/c1-2-3-12(16)15-7-6-9-4-5-10(13)8-11(9)14/h2-5,8H,6-7H2,1H3,(H,15,16). The van der Waals surface area contributed by atoms with Gasteiger partial charge in [-0.1, -0.05) is 35.3 Å². The lowest BCUT2D eigenvalue weighted by molar-refractivity contribution is -0.116. The Balaban J connectivity index is 2.46. The zero-order valence-corrected chi connectivity index (χ0v) is 10.5. The molecule has 0 aliphatic carbocycles. The first kappa shape index (κ1) is 13.1. The van der Waals surface area contributed by atoms with Crippen LogP contribution in [0.3, 0.4) is 0 Å². The predicted octanol–water partition coefficient (Wildman–Crippen LogP) is 3.23. The molecule has 2 nitrogen and oxygen atoms in total. The number of hydrogen-bond acceptors (Lipinski definition) is 1. The molecule has 1 aromatic carbocycles. The number of allylic oxidation sites excluding steroid dienone is 1. The fourth-order valence-electron chi connectivity index (χ4n) is 1.26. The first-order chi connectivity index (χ1) is 7.63. The quantitative estimate of drug-likeness (QED) is 0.825. The average Bonchev–Trinajstić information content (AvgIpc) is 2.22. The molecule has 1 N–H and O–H groups in total. The molecule has 0 radical (unpaired) electrons. The monoisotopic (exact) mass is 257 g/mol. The van der Waals surface area contributed by atoms with Gasteiger partial charge in [-0.2, -0.15) is 0 Å². The molecule has 0 aliphatic heterocycles. The summed E-state index contributed by atoms with van der Waals surface area (Å²) in [5.41, 5.74) is 0.979. The average molecular weight is 258 g/mol. The molecular formula is C12H13Cl2NO. The first-order valence-electron chi connectivity index (χ1n) is 4.98. The minimum absolute atomic E-state index is 0.0902. The normalized spacial score (nSPS) is 10.7. The largest absolute Gasteiger partial charge is 0.352 e. The SMILES string of the molecule is CC=CC(=O)NCCc1ccc(Cl)cc1Cl. The van der Waals surface area contributed by atoms with Gasteiger partial charge in [0.15, 0.2) is 0 Å². The van der Waals surface area contributed by atoms with E-state index in [0.717, 1.165) is 5.56 Å². The van der Waals surface area contributed by atoms with Gasteiger partial charge in [-0.15, -0.1) is 0 Å². The highest BCUT2D eigenvalue weighted by Gasteiger charge is 2.01. The van der Waals surface area contributed by atoms with Crippen LogP contribution in [-0.4, -0.2) is 12.5 Å². The second kappa shape index (κ2) is 6.56. The van der Waals surface area contributed by atoms with Crippen LogP contribution in [0.1, 0.15) is 12.5 Å². The van der Waals surface area contributed by atoms with E-state index in [1.165, 1.54) is 6.08 Å². The van der Waals surface area contributed by atoms with Crippen molar-refractivity contribution in [3.05, 3.63) is 46.0 Å². The molecule has 0 fully saturated rings. The molecule has 1 aromatic rings. The summed E-state index contributed by atoms with van der Waals surface area (Å²) in [6, 6.07) is 5.36. The van der Waals surface area contributed by atoms with Crippen molar-refractivity contribution in [2.24, 2.45) is 0 Å². The van der Waals surface area contributed by atoms with Gasteiger partial charge in [-0.3, -0.25) is 4.79 Å². The molecule has 0 bridgehead atoms. The van der Waals surface area contributed by atoms with E-state index in [4.69, 9.17) is 23.2 Å². The van der Waals surface area contributed by atoms with E-state index in [1.54, 1.807) is 25.1 Å². The molecule has 0 heterocycles. The number of halogens is 2. The van der Waals surface area contributed by atoms with Gasteiger partial charge in [-0.05, 0) is 37.1 Å². The molecular weight excluding hydrogens is 245 g/mol. The van der Waals surface area contributed by atoms with E-state index < -0.39 is 0 Å². The summed E-state index contributed by atoms with van der Waals surface area (Å²) in [5.74, 6) is -0.0902. The van der Waals surface area contributed by atoms with Crippen molar-refractivity contribution >= 4 is 29.1 Å². The molecule has 16 heavy (non-hydrogen) atoms. The molecule has 1 rings (SSSR count). The van der Waals surface area contributed by atoms with Crippen molar-refractivity contribution in [2.45, 2.75) is 13.3 Å². The Hall–Kier alpha value is -0.990. The van der Waals surface area contributed by atoms with Crippen molar-refractivity contribution in [3.63, 3.8) is 0 Å². The van der Waals surface area contributed by atoms with Gasteiger partial charge < -0.3 is 5.32 Å². The third-order valence-electron chi connectivity index (χ3n) is 2.03. The van der Waals surface area contributed by atoms with Gasteiger partial charge in [-0.25, -0.2) is 0 Å². The molecule has 0 aromatic heterocycles. The maximum atomic E-state index is 11.1. The summed E-state index contributed by atoms with van der Waals surface area (Å²) in [5, 5.41) is 4.01. The van der Waals surface area contributed by atoms with E-state index in [-0.39, 0.29) is 5.91 Å². The number of benzene rings is 1. The second-order valence-corrected chi connectivity index (χ2v) is 4.12. The van der Waals surface area contributed by atoms with Gasteiger partial charge in [0.1, 0.15) is 0 Å². The maximum Gasteiger partial charge on any atom is 0.243 e. The molecule has 0 atom stereocenters. The van der Waals surface area contributed by atoms with Crippen LogP contribution < -0.4 is 5.32 Å². The number of nitrogens with one attached hydrogen (secondary N) is 1. The van der Waals surface area contributed by atoms with Crippen LogP contribution >= 0.6 is 23.2 Å². The van der Waals surface area contributed by atoms with Crippen LogP contribution in [0.4, 0.5) is 0 Å². The van der Waals surface area contributed by atoms with Crippen LogP contribution in [0.5, 0.6) is 0 Å². The van der Waals surface area contributed by atoms with Gasteiger partial charge >= 0.3 is 0 Å². The van der Waals surface area contributed by atoms with Crippen molar-refractivity contribution < 1.29 is 4.79 Å².